The molecule has 4 rings (SSSR count). The van der Waals surface area contributed by atoms with E-state index in [1.165, 1.54) is 4.31 Å². The van der Waals surface area contributed by atoms with Crippen LogP contribution in [0.15, 0.2) is 39.1 Å². The van der Waals surface area contributed by atoms with Gasteiger partial charge in [-0.1, -0.05) is 20.3 Å². The van der Waals surface area contributed by atoms with Gasteiger partial charge in [0.25, 0.3) is 5.56 Å². The first-order valence-electron chi connectivity index (χ1n) is 13.5. The lowest BCUT2D eigenvalue weighted by molar-refractivity contribution is 0.208. The molecule has 0 spiro atoms. The first-order chi connectivity index (χ1) is 17.8. The summed E-state index contributed by atoms with van der Waals surface area (Å²) in [6.07, 6.45) is 7.04. The van der Waals surface area contributed by atoms with Crippen LogP contribution in [0.2, 0.25) is 0 Å². The van der Waals surface area contributed by atoms with E-state index in [4.69, 9.17) is 9.73 Å². The minimum atomic E-state index is -3.70. The SMILES string of the molecule is CCCOc1ccc(S(=O)(=O)N2CCC(CCO)CC2)cc1C1=Nc2c(CCC)cn(CC)c(=O)c2C1. The van der Waals surface area contributed by atoms with Crippen LogP contribution < -0.4 is 10.3 Å². The Balaban J connectivity index is 1.72. The summed E-state index contributed by atoms with van der Waals surface area (Å²) in [4.78, 5) is 18.2. The quantitative estimate of drug-likeness (QED) is 0.473. The van der Waals surface area contributed by atoms with Crippen molar-refractivity contribution in [1.29, 1.82) is 0 Å². The number of aromatic nitrogens is 1. The van der Waals surface area contributed by atoms with Gasteiger partial charge in [0.1, 0.15) is 5.75 Å². The Bertz CT molecular complexity index is 1310. The van der Waals surface area contributed by atoms with E-state index in [0.29, 0.717) is 67.6 Å². The molecule has 0 bridgehead atoms. The van der Waals surface area contributed by atoms with Crippen LogP contribution in [0.25, 0.3) is 0 Å². The molecule has 1 fully saturated rings. The summed E-state index contributed by atoms with van der Waals surface area (Å²) in [5.41, 5.74) is 3.70. The minimum Gasteiger partial charge on any atom is -0.493 e. The Hall–Kier alpha value is -2.49. The summed E-state index contributed by atoms with van der Waals surface area (Å²) in [7, 11) is -3.70. The molecular formula is C28H39N3O5S. The number of hydrogen-bond donors (Lipinski definition) is 1. The summed E-state index contributed by atoms with van der Waals surface area (Å²) in [6, 6.07) is 5.00. The molecule has 0 amide bonds. The Morgan fingerprint density at radius 1 is 1.14 bits per heavy atom. The average Bonchev–Trinajstić information content (AvgIpc) is 3.36. The molecule has 0 unspecified atom stereocenters. The van der Waals surface area contributed by atoms with Gasteiger partial charge in [-0.3, -0.25) is 9.79 Å². The van der Waals surface area contributed by atoms with Gasteiger partial charge >= 0.3 is 0 Å². The molecular weight excluding hydrogens is 490 g/mol. The van der Waals surface area contributed by atoms with E-state index < -0.39 is 10.0 Å². The number of ether oxygens (including phenoxy) is 1. The predicted molar refractivity (Wildman–Crippen MR) is 146 cm³/mol. The van der Waals surface area contributed by atoms with Crippen molar-refractivity contribution in [3.8, 4) is 5.75 Å². The number of aliphatic hydroxyl groups is 1. The number of aryl methyl sites for hydroxylation is 2. The van der Waals surface area contributed by atoms with Gasteiger partial charge in [-0.15, -0.1) is 0 Å². The van der Waals surface area contributed by atoms with Gasteiger partial charge in [-0.05, 0) is 68.7 Å². The summed E-state index contributed by atoms with van der Waals surface area (Å²) in [6.45, 7) is 8.19. The molecule has 2 aliphatic heterocycles. The lowest BCUT2D eigenvalue weighted by Gasteiger charge is -2.31. The van der Waals surface area contributed by atoms with Gasteiger partial charge in [-0.25, -0.2) is 8.42 Å². The molecule has 0 radical (unpaired) electrons. The van der Waals surface area contributed by atoms with E-state index in [9.17, 15) is 18.3 Å². The lowest BCUT2D eigenvalue weighted by atomic mass is 9.95. The third-order valence-electron chi connectivity index (χ3n) is 7.34. The third kappa shape index (κ3) is 5.68. The second-order valence-corrected chi connectivity index (χ2v) is 11.9. The monoisotopic (exact) mass is 529 g/mol. The zero-order valence-corrected chi connectivity index (χ0v) is 23.0. The van der Waals surface area contributed by atoms with Gasteiger partial charge in [0.2, 0.25) is 10.0 Å². The van der Waals surface area contributed by atoms with E-state index in [1.54, 1.807) is 22.8 Å². The third-order valence-corrected chi connectivity index (χ3v) is 9.24. The number of nitrogens with zero attached hydrogens (tertiary/aromatic N) is 3. The number of hydrogen-bond acceptors (Lipinski definition) is 6. The highest BCUT2D eigenvalue weighted by Crippen LogP contribution is 2.35. The highest BCUT2D eigenvalue weighted by Gasteiger charge is 2.31. The van der Waals surface area contributed by atoms with Crippen molar-refractivity contribution < 1.29 is 18.3 Å². The number of pyridine rings is 1. The van der Waals surface area contributed by atoms with Crippen LogP contribution in [-0.4, -0.2) is 54.4 Å². The van der Waals surface area contributed by atoms with E-state index >= 15 is 0 Å². The van der Waals surface area contributed by atoms with Gasteiger partial charge in [0.15, 0.2) is 0 Å². The zero-order chi connectivity index (χ0) is 26.6. The summed E-state index contributed by atoms with van der Waals surface area (Å²) >= 11 is 0. The van der Waals surface area contributed by atoms with Gasteiger partial charge in [0.05, 0.1) is 22.9 Å². The molecule has 1 aromatic carbocycles. The fourth-order valence-corrected chi connectivity index (χ4v) is 6.76. The van der Waals surface area contributed by atoms with E-state index in [1.807, 2.05) is 20.0 Å². The zero-order valence-electron chi connectivity index (χ0n) is 22.2. The molecule has 1 N–H and O–H groups in total. The molecule has 3 heterocycles. The molecule has 1 aromatic heterocycles. The van der Waals surface area contributed by atoms with Gasteiger partial charge in [-0.2, -0.15) is 4.31 Å². The molecule has 9 heteroatoms. The number of aliphatic imine (C=N–C) groups is 1. The summed E-state index contributed by atoms with van der Waals surface area (Å²) in [5.74, 6) is 0.939. The largest absolute Gasteiger partial charge is 0.493 e. The second kappa shape index (κ2) is 11.9. The molecule has 1 saturated heterocycles. The van der Waals surface area contributed by atoms with Crippen LogP contribution in [-0.2, 0) is 29.4 Å². The Labute approximate surface area is 220 Å². The van der Waals surface area contributed by atoms with Crippen LogP contribution >= 0.6 is 0 Å². The van der Waals surface area contributed by atoms with Crippen molar-refractivity contribution in [2.75, 3.05) is 26.3 Å². The Morgan fingerprint density at radius 3 is 2.54 bits per heavy atom. The minimum absolute atomic E-state index is 0.0401. The van der Waals surface area contributed by atoms with E-state index in [0.717, 1.165) is 43.4 Å². The Kier molecular flexibility index (Phi) is 8.87. The van der Waals surface area contributed by atoms with Crippen LogP contribution in [0.5, 0.6) is 5.75 Å². The average molecular weight is 530 g/mol. The van der Waals surface area contributed by atoms with Gasteiger partial charge < -0.3 is 14.4 Å². The van der Waals surface area contributed by atoms with E-state index in [-0.39, 0.29) is 17.1 Å². The molecule has 2 aliphatic rings. The van der Waals surface area contributed by atoms with Crippen molar-refractivity contribution in [3.63, 3.8) is 0 Å². The number of rotatable bonds is 11. The molecule has 0 saturated carbocycles. The van der Waals surface area contributed by atoms with Crippen LogP contribution in [0, 0.1) is 5.92 Å². The van der Waals surface area contributed by atoms with Crippen molar-refractivity contribution in [2.24, 2.45) is 10.9 Å². The van der Waals surface area contributed by atoms with Crippen molar-refractivity contribution in [2.45, 2.75) is 77.2 Å². The maximum Gasteiger partial charge on any atom is 0.256 e. The number of benzene rings is 1. The molecule has 0 atom stereocenters. The fraction of sp³-hybridized carbons (Fsp3) is 0.571. The second-order valence-electron chi connectivity index (χ2n) is 9.92. The standard InChI is InChI=1S/C28H39N3O5S/c1-4-7-21-19-30(6-3)28(33)24-18-25(29-27(21)24)23-17-22(8-9-26(23)36-16-5-2)37(34,35)31-13-10-20(11-14-31)12-15-32/h8-9,17,19-20,32H,4-7,10-16,18H2,1-3H3. The first kappa shape index (κ1) is 27.5. The van der Waals surface area contributed by atoms with Crippen molar-refractivity contribution in [3.05, 3.63) is 51.4 Å². The Morgan fingerprint density at radius 2 is 1.89 bits per heavy atom. The van der Waals surface area contributed by atoms with Crippen LogP contribution in [0.4, 0.5) is 5.69 Å². The highest BCUT2D eigenvalue weighted by atomic mass is 32.2. The maximum atomic E-state index is 13.6. The van der Waals surface area contributed by atoms with Crippen molar-refractivity contribution >= 4 is 21.4 Å². The summed E-state index contributed by atoms with van der Waals surface area (Å²) in [5, 5.41) is 9.23. The topological polar surface area (TPSA) is 101 Å². The first-order valence-corrected chi connectivity index (χ1v) is 15.0. The number of piperidine rings is 1. The maximum absolute atomic E-state index is 13.6. The highest BCUT2D eigenvalue weighted by molar-refractivity contribution is 7.89. The molecule has 202 valence electrons. The number of fused-ring (bicyclic) bond motifs is 1. The smallest absolute Gasteiger partial charge is 0.256 e. The normalized spacial score (nSPS) is 16.6. The number of sulfonamides is 1. The predicted octanol–water partition coefficient (Wildman–Crippen LogP) is 4.07. The van der Waals surface area contributed by atoms with Crippen molar-refractivity contribution in [1.82, 2.24) is 8.87 Å². The molecule has 37 heavy (non-hydrogen) atoms. The van der Waals surface area contributed by atoms with E-state index in [2.05, 4.69) is 6.92 Å². The van der Waals surface area contributed by atoms with Crippen LogP contribution in [0.1, 0.15) is 69.6 Å². The molecule has 0 aliphatic carbocycles. The molecule has 8 nitrogen and oxygen atoms in total. The molecule has 2 aromatic rings. The number of aliphatic hydroxyl groups excluding tert-OH is 1. The lowest BCUT2D eigenvalue weighted by Crippen LogP contribution is -2.38. The van der Waals surface area contributed by atoms with Gasteiger partial charge in [0, 0.05) is 50.0 Å². The van der Waals surface area contributed by atoms with Crippen LogP contribution in [0.3, 0.4) is 0 Å². The summed E-state index contributed by atoms with van der Waals surface area (Å²) < 4.78 is 36.4. The fourth-order valence-electron chi connectivity index (χ4n) is 5.26.